The van der Waals surface area contributed by atoms with Gasteiger partial charge in [0.05, 0.1) is 11.6 Å². The summed E-state index contributed by atoms with van der Waals surface area (Å²) >= 11 is 6.08. The highest BCUT2D eigenvalue weighted by molar-refractivity contribution is 6.17. The van der Waals surface area contributed by atoms with Crippen LogP contribution in [0.3, 0.4) is 0 Å². The quantitative estimate of drug-likeness (QED) is 0.763. The number of hydrogen-bond acceptors (Lipinski definition) is 2. The molecule has 1 atom stereocenters. The first kappa shape index (κ1) is 10.9. The van der Waals surface area contributed by atoms with Gasteiger partial charge in [0.25, 0.3) is 0 Å². The molecule has 1 unspecified atom stereocenters. The summed E-state index contributed by atoms with van der Waals surface area (Å²) in [5, 5.41) is 0. The van der Waals surface area contributed by atoms with Gasteiger partial charge in [-0.1, -0.05) is 13.0 Å². The molecule has 0 aromatic carbocycles. The smallest absolute Gasteiger partial charge is 0.152 e. The Bertz CT molecular complexity index is 534. The zero-order valence-corrected chi connectivity index (χ0v) is 10.7. The molecular formula is C13H16ClN3. The molecule has 0 radical (unpaired) electrons. The van der Waals surface area contributed by atoms with Crippen molar-refractivity contribution in [1.29, 1.82) is 0 Å². The molecule has 17 heavy (non-hydrogen) atoms. The molecule has 3 nitrogen and oxygen atoms in total. The maximum Gasteiger partial charge on any atom is 0.152 e. The minimum Gasteiger partial charge on any atom is -0.355 e. The van der Waals surface area contributed by atoms with E-state index < -0.39 is 0 Å². The lowest BCUT2D eigenvalue weighted by atomic mass is 10.2. The Balaban J connectivity index is 2.09. The fraction of sp³-hybridized carbons (Fsp3) is 0.462. The van der Waals surface area contributed by atoms with E-state index in [1.165, 1.54) is 6.42 Å². The lowest BCUT2D eigenvalue weighted by Crippen LogP contribution is -2.20. The molecule has 1 fully saturated rings. The van der Waals surface area contributed by atoms with Crippen molar-refractivity contribution in [2.75, 3.05) is 18.0 Å². The molecule has 0 bridgehead atoms. The summed E-state index contributed by atoms with van der Waals surface area (Å²) in [6.45, 7) is 4.47. The lowest BCUT2D eigenvalue weighted by molar-refractivity contribution is 0.659. The van der Waals surface area contributed by atoms with E-state index in [9.17, 15) is 0 Å². The molecule has 4 heteroatoms. The van der Waals surface area contributed by atoms with Gasteiger partial charge in [0.15, 0.2) is 5.82 Å². The molecule has 0 N–H and O–H groups in total. The van der Waals surface area contributed by atoms with E-state index in [0.717, 1.165) is 36.2 Å². The summed E-state index contributed by atoms with van der Waals surface area (Å²) < 4.78 is 2.09. The number of nitrogens with zero attached hydrogens (tertiary/aromatic N) is 3. The Morgan fingerprint density at radius 2 is 2.35 bits per heavy atom. The minimum absolute atomic E-state index is 0.505. The van der Waals surface area contributed by atoms with E-state index >= 15 is 0 Å². The molecule has 3 rings (SSSR count). The van der Waals surface area contributed by atoms with Crippen LogP contribution in [0.15, 0.2) is 24.4 Å². The van der Waals surface area contributed by atoms with E-state index in [1.807, 2.05) is 24.4 Å². The van der Waals surface area contributed by atoms with Crippen LogP contribution in [-0.4, -0.2) is 22.5 Å². The standard InChI is InChI=1S/C13H16ClN3/c1-10-5-7-16(9-10)13-11(8-14)17-6-3-2-4-12(17)15-13/h2-4,6,10H,5,7-9H2,1H3. The van der Waals surface area contributed by atoms with Crippen molar-refractivity contribution >= 4 is 23.1 Å². The summed E-state index contributed by atoms with van der Waals surface area (Å²) in [7, 11) is 0. The third-order valence-electron chi connectivity index (χ3n) is 3.46. The monoisotopic (exact) mass is 249 g/mol. The van der Waals surface area contributed by atoms with Crippen LogP contribution in [0.25, 0.3) is 5.65 Å². The zero-order chi connectivity index (χ0) is 11.8. The van der Waals surface area contributed by atoms with E-state index in [4.69, 9.17) is 16.6 Å². The molecule has 90 valence electrons. The molecule has 0 aliphatic carbocycles. The first-order valence-electron chi connectivity index (χ1n) is 6.06. The summed E-state index contributed by atoms with van der Waals surface area (Å²) in [6, 6.07) is 6.05. The topological polar surface area (TPSA) is 20.5 Å². The number of hydrogen-bond donors (Lipinski definition) is 0. The van der Waals surface area contributed by atoms with Crippen molar-refractivity contribution < 1.29 is 0 Å². The molecule has 1 saturated heterocycles. The normalized spacial score (nSPS) is 20.4. The van der Waals surface area contributed by atoms with Crippen LogP contribution in [0.5, 0.6) is 0 Å². The van der Waals surface area contributed by atoms with Crippen LogP contribution in [0.4, 0.5) is 5.82 Å². The Morgan fingerprint density at radius 3 is 3.06 bits per heavy atom. The number of halogens is 1. The number of alkyl halides is 1. The van der Waals surface area contributed by atoms with Crippen LogP contribution >= 0.6 is 11.6 Å². The number of rotatable bonds is 2. The van der Waals surface area contributed by atoms with Gasteiger partial charge in [0.1, 0.15) is 5.65 Å². The van der Waals surface area contributed by atoms with E-state index in [-0.39, 0.29) is 0 Å². The second-order valence-corrected chi connectivity index (χ2v) is 5.05. The second-order valence-electron chi connectivity index (χ2n) is 4.78. The first-order valence-corrected chi connectivity index (χ1v) is 6.60. The van der Waals surface area contributed by atoms with Crippen molar-refractivity contribution in [1.82, 2.24) is 9.38 Å². The van der Waals surface area contributed by atoms with Crippen molar-refractivity contribution in [3.63, 3.8) is 0 Å². The average Bonchev–Trinajstić information content (AvgIpc) is 2.91. The highest BCUT2D eigenvalue weighted by Gasteiger charge is 2.24. The molecule has 2 aromatic heterocycles. The fourth-order valence-electron chi connectivity index (χ4n) is 2.54. The Hall–Kier alpha value is -1.22. The third kappa shape index (κ3) is 1.78. The van der Waals surface area contributed by atoms with Gasteiger partial charge in [-0.3, -0.25) is 0 Å². The number of aromatic nitrogens is 2. The Kier molecular flexibility index (Phi) is 2.71. The average molecular weight is 250 g/mol. The minimum atomic E-state index is 0.505. The summed E-state index contributed by atoms with van der Waals surface area (Å²) in [5.74, 6) is 2.32. The summed E-state index contributed by atoms with van der Waals surface area (Å²) in [6.07, 6.45) is 3.28. The van der Waals surface area contributed by atoms with Gasteiger partial charge in [-0.05, 0) is 24.5 Å². The number of imidazole rings is 1. The molecule has 1 aliphatic rings. The third-order valence-corrected chi connectivity index (χ3v) is 3.71. The summed E-state index contributed by atoms with van der Waals surface area (Å²) in [5.41, 5.74) is 2.09. The van der Waals surface area contributed by atoms with Gasteiger partial charge in [-0.2, -0.15) is 0 Å². The van der Waals surface area contributed by atoms with E-state index in [2.05, 4.69) is 16.2 Å². The van der Waals surface area contributed by atoms with Crippen molar-refractivity contribution in [3.8, 4) is 0 Å². The molecule has 0 amide bonds. The first-order chi connectivity index (χ1) is 8.29. The predicted molar refractivity (Wildman–Crippen MR) is 70.7 cm³/mol. The van der Waals surface area contributed by atoms with Crippen LogP contribution in [0.1, 0.15) is 19.0 Å². The highest BCUT2D eigenvalue weighted by atomic mass is 35.5. The molecule has 2 aromatic rings. The SMILES string of the molecule is CC1CCN(c2nc3ccccn3c2CCl)C1. The van der Waals surface area contributed by atoms with Gasteiger partial charge in [-0.15, -0.1) is 11.6 Å². The summed E-state index contributed by atoms with van der Waals surface area (Å²) in [4.78, 5) is 7.06. The van der Waals surface area contributed by atoms with Crippen molar-refractivity contribution in [3.05, 3.63) is 30.1 Å². The highest BCUT2D eigenvalue weighted by Crippen LogP contribution is 2.28. The van der Waals surface area contributed by atoms with Gasteiger partial charge in [0, 0.05) is 19.3 Å². The van der Waals surface area contributed by atoms with Crippen LogP contribution in [0.2, 0.25) is 0 Å². The maximum absolute atomic E-state index is 6.08. The molecule has 1 aliphatic heterocycles. The van der Waals surface area contributed by atoms with Crippen LogP contribution in [0, 0.1) is 5.92 Å². The Morgan fingerprint density at radius 1 is 1.47 bits per heavy atom. The van der Waals surface area contributed by atoms with E-state index in [0.29, 0.717) is 5.88 Å². The molecular weight excluding hydrogens is 234 g/mol. The molecule has 0 saturated carbocycles. The van der Waals surface area contributed by atoms with Gasteiger partial charge < -0.3 is 9.30 Å². The molecule has 0 spiro atoms. The number of pyridine rings is 1. The maximum atomic E-state index is 6.08. The largest absolute Gasteiger partial charge is 0.355 e. The van der Waals surface area contributed by atoms with Gasteiger partial charge >= 0.3 is 0 Å². The van der Waals surface area contributed by atoms with Gasteiger partial charge in [-0.25, -0.2) is 4.98 Å². The van der Waals surface area contributed by atoms with Crippen molar-refractivity contribution in [2.24, 2.45) is 5.92 Å². The van der Waals surface area contributed by atoms with Crippen LogP contribution < -0.4 is 4.90 Å². The van der Waals surface area contributed by atoms with Crippen LogP contribution in [-0.2, 0) is 5.88 Å². The molecule has 3 heterocycles. The van der Waals surface area contributed by atoms with Gasteiger partial charge in [0.2, 0.25) is 0 Å². The zero-order valence-electron chi connectivity index (χ0n) is 9.93. The van der Waals surface area contributed by atoms with Crippen molar-refractivity contribution in [2.45, 2.75) is 19.2 Å². The lowest BCUT2D eigenvalue weighted by Gasteiger charge is -2.16. The predicted octanol–water partition coefficient (Wildman–Crippen LogP) is 2.92. The number of anilines is 1. The second kappa shape index (κ2) is 4.22. The fourth-order valence-corrected chi connectivity index (χ4v) is 2.79. The Labute approximate surface area is 106 Å². The number of fused-ring (bicyclic) bond motifs is 1. The van der Waals surface area contributed by atoms with E-state index in [1.54, 1.807) is 0 Å².